The van der Waals surface area contributed by atoms with Crippen molar-refractivity contribution in [2.24, 2.45) is 0 Å². The zero-order valence-electron chi connectivity index (χ0n) is 9.33. The lowest BCUT2D eigenvalue weighted by molar-refractivity contribution is -0.120. The zero-order chi connectivity index (χ0) is 12.7. The normalized spacial score (nSPS) is 9.53. The number of alkyl carbamates (subject to hydrolysis) is 1. The van der Waals surface area contributed by atoms with Crippen LogP contribution in [0.15, 0.2) is 24.3 Å². The van der Waals surface area contributed by atoms with Gasteiger partial charge in [-0.05, 0) is 17.7 Å². The Bertz CT molecular complexity index is 392. The van der Waals surface area contributed by atoms with Crippen molar-refractivity contribution in [3.8, 4) is 0 Å². The molecule has 1 aromatic carbocycles. The molecule has 92 valence electrons. The quantitative estimate of drug-likeness (QED) is 0.854. The summed E-state index contributed by atoms with van der Waals surface area (Å²) in [5.41, 5.74) is 0.931. The van der Waals surface area contributed by atoms with Crippen molar-refractivity contribution in [2.75, 3.05) is 13.7 Å². The largest absolute Gasteiger partial charge is 0.453 e. The Kier molecular flexibility index (Phi) is 5.29. The average Bonchev–Trinajstić information content (AvgIpc) is 2.35. The van der Waals surface area contributed by atoms with Gasteiger partial charge in [0.15, 0.2) is 0 Å². The third-order valence-corrected chi connectivity index (χ3v) is 2.23. The highest BCUT2D eigenvalue weighted by atomic mass is 35.5. The Morgan fingerprint density at radius 3 is 2.47 bits per heavy atom. The van der Waals surface area contributed by atoms with Crippen molar-refractivity contribution in [1.82, 2.24) is 10.6 Å². The lowest BCUT2D eigenvalue weighted by Crippen LogP contribution is -2.36. The molecular weight excluding hydrogens is 244 g/mol. The summed E-state index contributed by atoms with van der Waals surface area (Å²) < 4.78 is 4.33. The summed E-state index contributed by atoms with van der Waals surface area (Å²) in [7, 11) is 1.24. The van der Waals surface area contributed by atoms with Crippen molar-refractivity contribution < 1.29 is 14.3 Å². The fourth-order valence-electron chi connectivity index (χ4n) is 1.09. The average molecular weight is 257 g/mol. The number of amides is 2. The fraction of sp³-hybridized carbons (Fsp3) is 0.273. The molecule has 0 aromatic heterocycles. The Labute approximate surface area is 104 Å². The maximum Gasteiger partial charge on any atom is 0.407 e. The first kappa shape index (κ1) is 13.3. The molecule has 2 amide bonds. The Morgan fingerprint density at radius 1 is 1.24 bits per heavy atom. The molecule has 0 unspecified atom stereocenters. The van der Waals surface area contributed by atoms with E-state index in [2.05, 4.69) is 15.4 Å². The van der Waals surface area contributed by atoms with E-state index in [0.717, 1.165) is 5.56 Å². The van der Waals surface area contributed by atoms with Gasteiger partial charge in [0.25, 0.3) is 0 Å². The first-order valence-electron chi connectivity index (χ1n) is 4.95. The van der Waals surface area contributed by atoms with Gasteiger partial charge in [-0.15, -0.1) is 0 Å². The van der Waals surface area contributed by atoms with Crippen LogP contribution in [-0.2, 0) is 16.1 Å². The molecule has 0 saturated carbocycles. The Balaban J connectivity index is 2.28. The summed E-state index contributed by atoms with van der Waals surface area (Å²) in [5.74, 6) is -0.287. The van der Waals surface area contributed by atoms with Crippen LogP contribution in [0.4, 0.5) is 4.79 Å². The van der Waals surface area contributed by atoms with E-state index < -0.39 is 6.09 Å². The lowest BCUT2D eigenvalue weighted by Gasteiger charge is -2.06. The van der Waals surface area contributed by atoms with Crippen LogP contribution in [-0.4, -0.2) is 25.7 Å². The van der Waals surface area contributed by atoms with Gasteiger partial charge in [0.05, 0.1) is 7.11 Å². The minimum Gasteiger partial charge on any atom is -0.453 e. The molecule has 2 N–H and O–H groups in total. The minimum atomic E-state index is -0.633. The van der Waals surface area contributed by atoms with Gasteiger partial charge in [-0.1, -0.05) is 23.7 Å². The van der Waals surface area contributed by atoms with Crippen LogP contribution in [0.25, 0.3) is 0 Å². The third kappa shape index (κ3) is 5.21. The van der Waals surface area contributed by atoms with Gasteiger partial charge in [0, 0.05) is 11.6 Å². The van der Waals surface area contributed by atoms with Gasteiger partial charge >= 0.3 is 6.09 Å². The molecule has 0 aliphatic carbocycles. The molecule has 0 saturated heterocycles. The monoisotopic (exact) mass is 256 g/mol. The summed E-state index contributed by atoms with van der Waals surface area (Å²) in [5, 5.41) is 5.57. The van der Waals surface area contributed by atoms with Gasteiger partial charge in [0.1, 0.15) is 6.54 Å². The lowest BCUT2D eigenvalue weighted by atomic mass is 10.2. The SMILES string of the molecule is COC(=O)NCC(=O)NCc1ccc(Cl)cc1. The van der Waals surface area contributed by atoms with E-state index in [1.807, 2.05) is 12.1 Å². The Morgan fingerprint density at radius 2 is 1.88 bits per heavy atom. The number of hydrogen-bond acceptors (Lipinski definition) is 3. The number of ether oxygens (including phenoxy) is 1. The number of rotatable bonds is 4. The van der Waals surface area contributed by atoms with E-state index in [-0.39, 0.29) is 12.5 Å². The smallest absolute Gasteiger partial charge is 0.407 e. The van der Waals surface area contributed by atoms with Crippen LogP contribution in [0, 0.1) is 0 Å². The van der Waals surface area contributed by atoms with E-state index >= 15 is 0 Å². The van der Waals surface area contributed by atoms with Gasteiger partial charge in [-0.3, -0.25) is 4.79 Å². The number of halogens is 1. The second-order valence-corrected chi connectivity index (χ2v) is 3.68. The zero-order valence-corrected chi connectivity index (χ0v) is 10.1. The predicted octanol–water partition coefficient (Wildman–Crippen LogP) is 1.31. The van der Waals surface area contributed by atoms with Crippen molar-refractivity contribution in [2.45, 2.75) is 6.54 Å². The number of methoxy groups -OCH3 is 1. The molecule has 1 aromatic rings. The summed E-state index contributed by atoms with van der Waals surface area (Å²) >= 11 is 5.73. The maximum absolute atomic E-state index is 11.3. The highest BCUT2D eigenvalue weighted by Gasteiger charge is 2.04. The fourth-order valence-corrected chi connectivity index (χ4v) is 1.22. The first-order chi connectivity index (χ1) is 8.11. The molecule has 17 heavy (non-hydrogen) atoms. The van der Waals surface area contributed by atoms with Crippen LogP contribution in [0.1, 0.15) is 5.56 Å². The second-order valence-electron chi connectivity index (χ2n) is 3.25. The van der Waals surface area contributed by atoms with Gasteiger partial charge in [-0.25, -0.2) is 4.79 Å². The Hall–Kier alpha value is -1.75. The first-order valence-corrected chi connectivity index (χ1v) is 5.32. The summed E-state index contributed by atoms with van der Waals surface area (Å²) in [4.78, 5) is 22.0. The maximum atomic E-state index is 11.3. The summed E-state index contributed by atoms with van der Waals surface area (Å²) in [6, 6.07) is 7.12. The number of benzene rings is 1. The van der Waals surface area contributed by atoms with Crippen LogP contribution in [0.2, 0.25) is 5.02 Å². The van der Waals surface area contributed by atoms with Gasteiger partial charge < -0.3 is 15.4 Å². The highest BCUT2D eigenvalue weighted by molar-refractivity contribution is 6.30. The van der Waals surface area contributed by atoms with E-state index in [9.17, 15) is 9.59 Å². The molecule has 1 rings (SSSR count). The number of hydrogen-bond donors (Lipinski definition) is 2. The second kappa shape index (κ2) is 6.75. The molecule has 0 bridgehead atoms. The van der Waals surface area contributed by atoms with Crippen molar-refractivity contribution in [3.63, 3.8) is 0 Å². The van der Waals surface area contributed by atoms with Gasteiger partial charge in [0.2, 0.25) is 5.91 Å². The molecule has 0 atom stereocenters. The molecule has 0 aliphatic rings. The van der Waals surface area contributed by atoms with Crippen LogP contribution >= 0.6 is 11.6 Å². The standard InChI is InChI=1S/C11H13ClN2O3/c1-17-11(16)14-7-10(15)13-6-8-2-4-9(12)5-3-8/h2-5H,6-7H2,1H3,(H,13,15)(H,14,16). The van der Waals surface area contributed by atoms with E-state index in [0.29, 0.717) is 11.6 Å². The third-order valence-electron chi connectivity index (χ3n) is 1.98. The molecule has 0 aliphatic heterocycles. The minimum absolute atomic E-state index is 0.111. The van der Waals surface area contributed by atoms with E-state index in [1.165, 1.54) is 7.11 Å². The van der Waals surface area contributed by atoms with Crippen LogP contribution < -0.4 is 10.6 Å². The molecule has 5 nitrogen and oxygen atoms in total. The molecule has 6 heteroatoms. The predicted molar refractivity (Wildman–Crippen MR) is 63.7 cm³/mol. The number of carbonyl (C=O) groups is 2. The topological polar surface area (TPSA) is 67.4 Å². The summed E-state index contributed by atoms with van der Waals surface area (Å²) in [6.45, 7) is 0.277. The molecule has 0 fully saturated rings. The number of carbonyl (C=O) groups excluding carboxylic acids is 2. The van der Waals surface area contributed by atoms with Gasteiger partial charge in [-0.2, -0.15) is 0 Å². The number of nitrogens with one attached hydrogen (secondary N) is 2. The molecule has 0 heterocycles. The van der Waals surface area contributed by atoms with Crippen LogP contribution in [0.3, 0.4) is 0 Å². The van der Waals surface area contributed by atoms with E-state index in [4.69, 9.17) is 11.6 Å². The summed E-state index contributed by atoms with van der Waals surface area (Å²) in [6.07, 6.45) is -0.633. The highest BCUT2D eigenvalue weighted by Crippen LogP contribution is 2.08. The van der Waals surface area contributed by atoms with Crippen molar-refractivity contribution in [3.05, 3.63) is 34.9 Å². The van der Waals surface area contributed by atoms with Crippen LogP contribution in [0.5, 0.6) is 0 Å². The molecule has 0 spiro atoms. The van der Waals surface area contributed by atoms with Crippen molar-refractivity contribution >= 4 is 23.6 Å². The molecule has 0 radical (unpaired) electrons. The van der Waals surface area contributed by atoms with Crippen molar-refractivity contribution in [1.29, 1.82) is 0 Å². The molecular formula is C11H13ClN2O3. The van der Waals surface area contributed by atoms with E-state index in [1.54, 1.807) is 12.1 Å².